The number of rotatable bonds is 5. The molecule has 4 atom stereocenters. The zero-order valence-corrected chi connectivity index (χ0v) is 20.8. The molecular weight excluding hydrogens is 487 g/mol. The predicted molar refractivity (Wildman–Crippen MR) is 131 cm³/mol. The van der Waals surface area contributed by atoms with E-state index in [-0.39, 0.29) is 16.3 Å². The minimum atomic E-state index is -3.41. The van der Waals surface area contributed by atoms with Crippen LogP contribution < -0.4 is 11.1 Å². The van der Waals surface area contributed by atoms with Gasteiger partial charge in [-0.1, -0.05) is 12.1 Å². The van der Waals surface area contributed by atoms with E-state index >= 15 is 0 Å². The van der Waals surface area contributed by atoms with E-state index in [4.69, 9.17) is 10.5 Å². The van der Waals surface area contributed by atoms with E-state index in [0.717, 1.165) is 12.3 Å². The van der Waals surface area contributed by atoms with Crippen LogP contribution in [0.1, 0.15) is 42.4 Å². The smallest absolute Gasteiger partial charge is 0.274 e. The molecule has 9 nitrogen and oxygen atoms in total. The van der Waals surface area contributed by atoms with Crippen LogP contribution in [0.5, 0.6) is 0 Å². The molecule has 2 aromatic heterocycles. The molecule has 0 unspecified atom stereocenters. The van der Waals surface area contributed by atoms with Crippen LogP contribution in [-0.4, -0.2) is 53.4 Å². The molecule has 1 aliphatic heterocycles. The molecule has 4 rings (SSSR count). The first-order valence-corrected chi connectivity index (χ1v) is 13.1. The Kier molecular flexibility index (Phi) is 6.93. The maximum absolute atomic E-state index is 14.6. The summed E-state index contributed by atoms with van der Waals surface area (Å²) in [4.78, 5) is 21.4. The van der Waals surface area contributed by atoms with Gasteiger partial charge in [0, 0.05) is 29.6 Å². The van der Waals surface area contributed by atoms with Crippen LogP contribution in [0.25, 0.3) is 11.3 Å². The molecule has 3 aromatic rings. The van der Waals surface area contributed by atoms with Gasteiger partial charge in [0.2, 0.25) is 0 Å². The largest absolute Gasteiger partial charge is 0.386 e. The number of pyridine rings is 2. The molecule has 0 aliphatic carbocycles. The Morgan fingerprint density at radius 1 is 1.22 bits per heavy atom. The van der Waals surface area contributed by atoms with Crippen LogP contribution >= 0.6 is 0 Å². The van der Waals surface area contributed by atoms with E-state index in [1.807, 2.05) is 0 Å². The fourth-order valence-corrected chi connectivity index (χ4v) is 4.65. The van der Waals surface area contributed by atoms with Crippen molar-refractivity contribution in [3.63, 3.8) is 0 Å². The maximum Gasteiger partial charge on any atom is 0.274 e. The summed E-state index contributed by atoms with van der Waals surface area (Å²) >= 11 is 0. The van der Waals surface area contributed by atoms with Gasteiger partial charge in [0.15, 0.2) is 9.84 Å². The number of halogens is 1. The van der Waals surface area contributed by atoms with E-state index < -0.39 is 45.4 Å². The van der Waals surface area contributed by atoms with Crippen molar-refractivity contribution in [2.75, 3.05) is 11.6 Å². The van der Waals surface area contributed by atoms with E-state index in [1.54, 1.807) is 26.1 Å². The number of carbonyl (C=O) groups excluding carboxylic acids is 1. The van der Waals surface area contributed by atoms with Crippen molar-refractivity contribution in [1.29, 1.82) is 0 Å². The van der Waals surface area contributed by atoms with Crippen molar-refractivity contribution in [2.45, 2.75) is 49.0 Å². The first kappa shape index (κ1) is 25.8. The fourth-order valence-electron chi connectivity index (χ4n) is 4.02. The average molecular weight is 515 g/mol. The first-order chi connectivity index (χ1) is 16.9. The van der Waals surface area contributed by atoms with Crippen molar-refractivity contribution in [3.8, 4) is 11.3 Å². The van der Waals surface area contributed by atoms with Gasteiger partial charge in [-0.05, 0) is 50.6 Å². The minimum Gasteiger partial charge on any atom is -0.386 e. The third-order valence-electron chi connectivity index (χ3n) is 6.49. The molecule has 1 amide bonds. The highest BCUT2D eigenvalue weighted by Gasteiger charge is 2.43. The first-order valence-electron chi connectivity index (χ1n) is 11.2. The molecule has 1 saturated heterocycles. The zero-order valence-electron chi connectivity index (χ0n) is 20.0. The van der Waals surface area contributed by atoms with Gasteiger partial charge < -0.3 is 20.9 Å². The van der Waals surface area contributed by atoms with Gasteiger partial charge in [-0.15, -0.1) is 0 Å². The second kappa shape index (κ2) is 9.66. The number of aliphatic hydroxyl groups is 1. The second-order valence-electron chi connectivity index (χ2n) is 9.08. The van der Waals surface area contributed by atoms with Crippen LogP contribution in [0.2, 0.25) is 0 Å². The summed E-state index contributed by atoms with van der Waals surface area (Å²) in [5.74, 6) is -1.26. The number of nitrogens with zero attached hydrogens (tertiary/aromatic N) is 2. The van der Waals surface area contributed by atoms with Crippen LogP contribution in [0, 0.1) is 5.82 Å². The number of aromatic nitrogens is 2. The zero-order chi connectivity index (χ0) is 26.3. The van der Waals surface area contributed by atoms with Crippen molar-refractivity contribution < 1.29 is 27.4 Å². The Bertz CT molecular complexity index is 1380. The lowest BCUT2D eigenvalue weighted by atomic mass is 9.83. The molecule has 3 heterocycles. The van der Waals surface area contributed by atoms with E-state index in [0.29, 0.717) is 23.2 Å². The summed E-state index contributed by atoms with van der Waals surface area (Å²) in [7, 11) is -3.41. The third-order valence-corrected chi connectivity index (χ3v) is 7.62. The molecule has 0 spiro atoms. The Morgan fingerprint density at radius 3 is 2.56 bits per heavy atom. The van der Waals surface area contributed by atoms with Gasteiger partial charge in [0.25, 0.3) is 5.91 Å². The van der Waals surface area contributed by atoms with Gasteiger partial charge in [0.05, 0.1) is 29.0 Å². The highest BCUT2D eigenvalue weighted by molar-refractivity contribution is 7.90. The second-order valence-corrected chi connectivity index (χ2v) is 11.1. The normalized spacial score (nSPS) is 24.3. The summed E-state index contributed by atoms with van der Waals surface area (Å²) in [6.07, 6.45) is 3.40. The molecule has 1 aliphatic rings. The molecule has 1 fully saturated rings. The summed E-state index contributed by atoms with van der Waals surface area (Å²) in [6, 6.07) is 9.11. The molecule has 0 radical (unpaired) electrons. The van der Waals surface area contributed by atoms with Crippen LogP contribution in [0.4, 0.5) is 10.1 Å². The Hall–Kier alpha value is -3.25. The molecule has 0 bridgehead atoms. The molecule has 36 heavy (non-hydrogen) atoms. The lowest BCUT2D eigenvalue weighted by Crippen LogP contribution is -2.58. The summed E-state index contributed by atoms with van der Waals surface area (Å²) in [5.41, 5.74) is 6.18. The van der Waals surface area contributed by atoms with E-state index in [9.17, 15) is 22.7 Å². The maximum atomic E-state index is 14.6. The number of anilines is 1. The standard InChI is InChI=1S/C25H27FN4O5S/c1-14-25(2,32)22(27)12-21(35-14)17-10-11-28-13-20(17)30-24(31)19-9-8-18(26)23(29-19)15-4-6-16(7-5-15)36(3,33)34/h4-11,13-14,21-22,32H,12,27H2,1-3H3,(H,30,31)/t14-,21-,22-,25-/m1/s1. The molecule has 0 saturated carbocycles. The average Bonchev–Trinajstić information content (AvgIpc) is 2.83. The van der Waals surface area contributed by atoms with Crippen LogP contribution in [0.3, 0.4) is 0 Å². The molecule has 1 aromatic carbocycles. The summed E-state index contributed by atoms with van der Waals surface area (Å²) in [5, 5.41) is 13.3. The highest BCUT2D eigenvalue weighted by Crippen LogP contribution is 2.38. The molecular formula is C25H27FN4O5S. The van der Waals surface area contributed by atoms with Crippen LogP contribution in [0.15, 0.2) is 59.8 Å². The number of hydrogen-bond donors (Lipinski definition) is 3. The summed E-state index contributed by atoms with van der Waals surface area (Å²) < 4.78 is 43.9. The number of carbonyl (C=O) groups is 1. The van der Waals surface area contributed by atoms with E-state index in [1.165, 1.54) is 36.5 Å². The number of ether oxygens (including phenoxy) is 1. The number of hydrogen-bond acceptors (Lipinski definition) is 8. The van der Waals surface area contributed by atoms with Gasteiger partial charge in [-0.25, -0.2) is 17.8 Å². The molecule has 190 valence electrons. The van der Waals surface area contributed by atoms with Gasteiger partial charge in [-0.2, -0.15) is 0 Å². The number of nitrogens with one attached hydrogen (secondary N) is 1. The number of amides is 1. The summed E-state index contributed by atoms with van der Waals surface area (Å²) in [6.45, 7) is 3.36. The van der Waals surface area contributed by atoms with Crippen molar-refractivity contribution in [3.05, 3.63) is 71.9 Å². The third kappa shape index (κ3) is 5.14. The van der Waals surface area contributed by atoms with E-state index in [2.05, 4.69) is 15.3 Å². The molecule has 11 heteroatoms. The SMILES string of the molecule is C[C@H]1O[C@@H](c2ccncc2NC(=O)c2ccc(F)c(-c3ccc(S(C)(=O)=O)cc3)n2)C[C@@H](N)[C@]1(C)O. The van der Waals surface area contributed by atoms with Crippen LogP contribution in [-0.2, 0) is 14.6 Å². The topological polar surface area (TPSA) is 144 Å². The Labute approximate surface area is 208 Å². The number of nitrogens with two attached hydrogens (primary N) is 1. The van der Waals surface area contributed by atoms with Gasteiger partial charge in [-0.3, -0.25) is 9.78 Å². The Balaban J connectivity index is 1.59. The quantitative estimate of drug-likeness (QED) is 0.471. The fraction of sp³-hybridized carbons (Fsp3) is 0.320. The monoisotopic (exact) mass is 514 g/mol. The number of benzene rings is 1. The molecule has 4 N–H and O–H groups in total. The predicted octanol–water partition coefficient (Wildman–Crippen LogP) is 2.87. The Morgan fingerprint density at radius 2 is 1.92 bits per heavy atom. The minimum absolute atomic E-state index is 0.0500. The van der Waals surface area contributed by atoms with Gasteiger partial charge in [0.1, 0.15) is 22.8 Å². The highest BCUT2D eigenvalue weighted by atomic mass is 32.2. The number of sulfone groups is 1. The van der Waals surface area contributed by atoms with Crippen molar-refractivity contribution in [1.82, 2.24) is 9.97 Å². The van der Waals surface area contributed by atoms with Crippen molar-refractivity contribution >= 4 is 21.4 Å². The van der Waals surface area contributed by atoms with Crippen molar-refractivity contribution in [2.24, 2.45) is 5.73 Å². The lowest BCUT2D eigenvalue weighted by molar-refractivity contribution is -0.171. The van der Waals surface area contributed by atoms with Gasteiger partial charge >= 0.3 is 0 Å². The lowest BCUT2D eigenvalue weighted by Gasteiger charge is -2.44.